The van der Waals surface area contributed by atoms with Crippen molar-refractivity contribution in [1.29, 1.82) is 0 Å². The van der Waals surface area contributed by atoms with Gasteiger partial charge in [0.25, 0.3) is 5.56 Å². The Balaban J connectivity index is 1.01. The van der Waals surface area contributed by atoms with E-state index in [0.717, 1.165) is 94.4 Å². The third-order valence-corrected chi connectivity index (χ3v) is 13.1. The van der Waals surface area contributed by atoms with Crippen molar-refractivity contribution in [2.45, 2.75) is 89.1 Å². The van der Waals surface area contributed by atoms with Gasteiger partial charge < -0.3 is 0 Å². The second-order valence-electron chi connectivity index (χ2n) is 17.4. The second-order valence-corrected chi connectivity index (χ2v) is 17.4. The van der Waals surface area contributed by atoms with Gasteiger partial charge >= 0.3 is 0 Å². The van der Waals surface area contributed by atoms with Gasteiger partial charge in [0, 0.05) is 23.6 Å². The number of benzene rings is 6. The first-order valence-corrected chi connectivity index (χ1v) is 22.0. The molecule has 8 aromatic rings. The maximum atomic E-state index is 14.5. The van der Waals surface area contributed by atoms with E-state index in [9.17, 15) is 4.79 Å². The minimum atomic E-state index is -0.880. The molecule has 0 bridgehead atoms. The molecule has 9 nitrogen and oxygen atoms in total. The molecule has 2 saturated heterocycles. The van der Waals surface area contributed by atoms with Crippen LogP contribution in [0.2, 0.25) is 0 Å². The van der Waals surface area contributed by atoms with Crippen molar-refractivity contribution in [3.63, 3.8) is 0 Å². The summed E-state index contributed by atoms with van der Waals surface area (Å²) in [5, 5.41) is 16.8. The molecule has 310 valence electrons. The van der Waals surface area contributed by atoms with Crippen molar-refractivity contribution in [1.82, 2.24) is 34.8 Å². The number of aryl methyl sites for hydroxylation is 1. The van der Waals surface area contributed by atoms with Crippen molar-refractivity contribution in [3.8, 4) is 22.5 Å². The largest absolute Gasteiger partial charge is 0.292 e. The molecule has 2 aliphatic rings. The van der Waals surface area contributed by atoms with E-state index in [1.54, 1.807) is 0 Å². The lowest BCUT2D eigenvalue weighted by Crippen LogP contribution is -2.39. The molecule has 0 radical (unpaired) electrons. The Morgan fingerprint density at radius 3 is 2.02 bits per heavy atom. The quantitative estimate of drug-likeness (QED) is 0.113. The highest BCUT2D eigenvalue weighted by molar-refractivity contribution is 5.81. The molecule has 0 spiro atoms. The first-order valence-electron chi connectivity index (χ1n) is 22.0. The standard InChI is InChI=1S/C53H51N7O2/c1-4-5-25-49-54-47-31-30-39(48-35-43-32-33-52(2,3)60(43)62-48)34-46(47)51(61)58(49)36-37-26-28-38(29-27-37)44-23-15-16-24-45(44)50-55-56-57-59(50)53(40-17-9-6-10-18-40,41-19-11-7-12-20-41)42-21-13-8-14-22-42/h6-24,26-31,34,43,48H,4-5,25,32-33,35-36H2,1-3H3/t43-,48-/m0/s1. The van der Waals surface area contributed by atoms with Crippen molar-refractivity contribution < 1.29 is 4.84 Å². The van der Waals surface area contributed by atoms with Crippen molar-refractivity contribution >= 4 is 10.9 Å². The summed E-state index contributed by atoms with van der Waals surface area (Å²) in [5.74, 6) is 1.46. The molecule has 4 heterocycles. The van der Waals surface area contributed by atoms with Crippen LogP contribution in [0.15, 0.2) is 163 Å². The van der Waals surface area contributed by atoms with Crippen molar-refractivity contribution in [3.05, 3.63) is 202 Å². The summed E-state index contributed by atoms with van der Waals surface area (Å²) < 4.78 is 3.86. The Hall–Kier alpha value is -6.55. The lowest BCUT2D eigenvalue weighted by molar-refractivity contribution is -0.199. The van der Waals surface area contributed by atoms with Crippen LogP contribution in [-0.4, -0.2) is 46.4 Å². The minimum absolute atomic E-state index is 0.0122. The zero-order valence-corrected chi connectivity index (χ0v) is 35.6. The highest BCUT2D eigenvalue weighted by atomic mass is 16.7. The van der Waals surface area contributed by atoms with Crippen LogP contribution >= 0.6 is 0 Å². The van der Waals surface area contributed by atoms with E-state index >= 15 is 0 Å². The number of unbranched alkanes of at least 4 members (excludes halogenated alkanes) is 1. The van der Waals surface area contributed by atoms with E-state index in [2.05, 4.69) is 152 Å². The Morgan fingerprint density at radius 2 is 1.39 bits per heavy atom. The van der Waals surface area contributed by atoms with Crippen LogP contribution < -0.4 is 5.56 Å². The average molecular weight is 818 g/mol. The molecule has 0 unspecified atom stereocenters. The van der Waals surface area contributed by atoms with Crippen LogP contribution in [0.3, 0.4) is 0 Å². The molecule has 62 heavy (non-hydrogen) atoms. The van der Waals surface area contributed by atoms with Crippen LogP contribution in [0, 0.1) is 0 Å². The Labute approximate surface area is 362 Å². The van der Waals surface area contributed by atoms with Gasteiger partial charge in [0.15, 0.2) is 5.82 Å². The van der Waals surface area contributed by atoms with Gasteiger partial charge in [-0.15, -0.1) is 5.10 Å². The molecular formula is C53H51N7O2. The third-order valence-electron chi connectivity index (χ3n) is 13.1. The number of aromatic nitrogens is 6. The fourth-order valence-electron chi connectivity index (χ4n) is 9.87. The molecule has 2 aromatic heterocycles. The second kappa shape index (κ2) is 16.4. The average Bonchev–Trinajstić information content (AvgIpc) is 4.06. The molecule has 2 fully saturated rings. The normalized spacial score (nSPS) is 17.4. The van der Waals surface area contributed by atoms with Gasteiger partial charge in [-0.25, -0.2) is 9.67 Å². The maximum absolute atomic E-state index is 14.5. The first kappa shape index (κ1) is 39.6. The molecule has 10 rings (SSSR count). The topological polar surface area (TPSA) is 91.0 Å². The molecule has 9 heteroatoms. The lowest BCUT2D eigenvalue weighted by atomic mass is 9.77. The van der Waals surface area contributed by atoms with E-state index in [4.69, 9.17) is 20.1 Å². The number of rotatable bonds is 12. The van der Waals surface area contributed by atoms with E-state index in [1.165, 1.54) is 0 Å². The van der Waals surface area contributed by atoms with Crippen LogP contribution in [0.1, 0.15) is 92.6 Å². The maximum Gasteiger partial charge on any atom is 0.261 e. The summed E-state index contributed by atoms with van der Waals surface area (Å²) >= 11 is 0. The summed E-state index contributed by atoms with van der Waals surface area (Å²) in [4.78, 5) is 26.2. The predicted molar refractivity (Wildman–Crippen MR) is 244 cm³/mol. The number of hydrogen-bond acceptors (Lipinski definition) is 7. The fraction of sp³-hybridized carbons (Fsp3) is 0.264. The smallest absolute Gasteiger partial charge is 0.261 e. The van der Waals surface area contributed by atoms with E-state index in [-0.39, 0.29) is 17.2 Å². The van der Waals surface area contributed by atoms with Gasteiger partial charge in [-0.05, 0) is 101 Å². The zero-order chi connectivity index (χ0) is 42.3. The number of hydrogen-bond donors (Lipinski definition) is 0. The zero-order valence-electron chi connectivity index (χ0n) is 35.6. The van der Waals surface area contributed by atoms with Crippen LogP contribution in [-0.2, 0) is 23.3 Å². The molecule has 2 atom stereocenters. The van der Waals surface area contributed by atoms with Gasteiger partial charge in [0.05, 0.1) is 17.4 Å². The molecule has 0 amide bonds. The first-order chi connectivity index (χ1) is 30.3. The highest BCUT2D eigenvalue weighted by Gasteiger charge is 2.47. The molecule has 0 N–H and O–H groups in total. The SMILES string of the molecule is CCCCc1nc2ccc([C@@H]3C[C@@H]4CCC(C)(C)N4O3)cc2c(=O)n1Cc1ccc(-c2ccccc2-c2nnnn2C(c2ccccc2)(c2ccccc2)c2ccccc2)cc1. The summed E-state index contributed by atoms with van der Waals surface area (Å²) in [7, 11) is 0. The molecule has 2 aliphatic heterocycles. The summed E-state index contributed by atoms with van der Waals surface area (Å²) in [5.41, 5.74) is 7.96. The Bertz CT molecular complexity index is 2790. The van der Waals surface area contributed by atoms with E-state index in [0.29, 0.717) is 23.8 Å². The number of fused-ring (bicyclic) bond motifs is 2. The lowest BCUT2D eigenvalue weighted by Gasteiger charge is -2.36. The van der Waals surface area contributed by atoms with Crippen LogP contribution in [0.4, 0.5) is 0 Å². The Morgan fingerprint density at radius 1 is 0.758 bits per heavy atom. The van der Waals surface area contributed by atoms with Gasteiger partial charge in [-0.2, -0.15) is 5.06 Å². The van der Waals surface area contributed by atoms with Crippen LogP contribution in [0.5, 0.6) is 0 Å². The molecule has 0 aliphatic carbocycles. The molecule has 6 aromatic carbocycles. The van der Waals surface area contributed by atoms with Gasteiger partial charge in [-0.3, -0.25) is 14.2 Å². The number of nitrogens with zero attached hydrogens (tertiary/aromatic N) is 7. The van der Waals surface area contributed by atoms with Crippen molar-refractivity contribution in [2.75, 3.05) is 0 Å². The summed E-state index contributed by atoms with van der Waals surface area (Å²) in [6, 6.07) is 54.7. The van der Waals surface area contributed by atoms with E-state index in [1.807, 2.05) is 45.6 Å². The Kier molecular flexibility index (Phi) is 10.5. The van der Waals surface area contributed by atoms with Crippen LogP contribution in [0.25, 0.3) is 33.4 Å². The summed E-state index contributed by atoms with van der Waals surface area (Å²) in [6.45, 7) is 7.09. The fourth-order valence-corrected chi connectivity index (χ4v) is 9.87. The summed E-state index contributed by atoms with van der Waals surface area (Å²) in [6.07, 6.45) is 5.83. The minimum Gasteiger partial charge on any atom is -0.292 e. The van der Waals surface area contributed by atoms with Gasteiger partial charge in [0.2, 0.25) is 0 Å². The monoisotopic (exact) mass is 817 g/mol. The van der Waals surface area contributed by atoms with Crippen molar-refractivity contribution in [2.24, 2.45) is 0 Å². The van der Waals surface area contributed by atoms with Gasteiger partial charge in [0.1, 0.15) is 17.5 Å². The third kappa shape index (κ3) is 6.95. The molecular weight excluding hydrogens is 767 g/mol. The number of hydroxylamine groups is 2. The highest BCUT2D eigenvalue weighted by Crippen LogP contribution is 2.46. The predicted octanol–water partition coefficient (Wildman–Crippen LogP) is 10.6. The van der Waals surface area contributed by atoms with E-state index < -0.39 is 5.54 Å². The molecule has 0 saturated carbocycles. The van der Waals surface area contributed by atoms with Gasteiger partial charge in [-0.1, -0.05) is 159 Å². The number of tetrazole rings is 1.